The molecule has 2 heterocycles. The number of carbonyl (C=O) groups excluding carboxylic acids is 4. The van der Waals surface area contributed by atoms with Crippen LogP contribution in [0.4, 0.5) is 9.59 Å². The summed E-state index contributed by atoms with van der Waals surface area (Å²) in [6.45, 7) is 1.39. The molecule has 1 aromatic heterocycles. The van der Waals surface area contributed by atoms with Crippen molar-refractivity contribution < 1.29 is 19.2 Å². The highest BCUT2D eigenvalue weighted by atomic mass is 32.1. The van der Waals surface area contributed by atoms with Crippen molar-refractivity contribution in [3.8, 4) is 0 Å². The molecule has 1 unspecified atom stereocenters. The van der Waals surface area contributed by atoms with Crippen LogP contribution in [-0.4, -0.2) is 35.3 Å². The highest BCUT2D eigenvalue weighted by Crippen LogP contribution is 2.32. The second-order valence-electron chi connectivity index (χ2n) is 7.59. The third-order valence-electron chi connectivity index (χ3n) is 5.51. The van der Waals surface area contributed by atoms with E-state index in [-0.39, 0.29) is 6.54 Å². The van der Waals surface area contributed by atoms with Gasteiger partial charge in [-0.3, -0.25) is 19.8 Å². The Kier molecular flexibility index (Phi) is 5.29. The third kappa shape index (κ3) is 3.80. The second-order valence-corrected chi connectivity index (χ2v) is 8.63. The summed E-state index contributed by atoms with van der Waals surface area (Å²) in [5, 5.41) is 9.30. The lowest BCUT2D eigenvalue weighted by Crippen LogP contribution is -2.46. The molecule has 6 amide bonds. The normalized spacial score (nSPS) is 20.1. The Balaban J connectivity index is 1.39. The Morgan fingerprint density at radius 1 is 1.20 bits per heavy atom. The van der Waals surface area contributed by atoms with E-state index in [1.54, 1.807) is 6.92 Å². The standard InChI is InChI=1S/C21H22N4O4S/c1-21(15-8-7-13-4-2-5-14(13)10-15)18(27)25(20(29)24-21)12-17(26)23-19(28)22-11-16-6-3-9-30-16/h3,6-10H,2,4-5,11-12H2,1H3,(H,24,29)(H2,22,23,26,28). The van der Waals surface area contributed by atoms with Crippen molar-refractivity contribution in [2.75, 3.05) is 6.54 Å². The molecule has 1 saturated heterocycles. The van der Waals surface area contributed by atoms with Gasteiger partial charge in [0.1, 0.15) is 12.1 Å². The number of fused-ring (bicyclic) bond motifs is 1. The Morgan fingerprint density at radius 2 is 2.00 bits per heavy atom. The van der Waals surface area contributed by atoms with Gasteiger partial charge in [0.2, 0.25) is 5.91 Å². The van der Waals surface area contributed by atoms with Crippen LogP contribution in [0, 0.1) is 0 Å². The van der Waals surface area contributed by atoms with E-state index in [9.17, 15) is 19.2 Å². The zero-order chi connectivity index (χ0) is 21.3. The first-order valence-corrected chi connectivity index (χ1v) is 10.6. The molecule has 9 heteroatoms. The van der Waals surface area contributed by atoms with Gasteiger partial charge in [-0.25, -0.2) is 9.59 Å². The molecule has 1 atom stereocenters. The van der Waals surface area contributed by atoms with Gasteiger partial charge in [-0.1, -0.05) is 24.3 Å². The summed E-state index contributed by atoms with van der Waals surface area (Å²) in [6, 6.07) is 8.20. The lowest BCUT2D eigenvalue weighted by molar-refractivity contribution is -0.134. The molecular formula is C21H22N4O4S. The first-order valence-electron chi connectivity index (χ1n) is 9.73. The Labute approximate surface area is 177 Å². The van der Waals surface area contributed by atoms with Gasteiger partial charge in [0.05, 0.1) is 6.54 Å². The zero-order valence-electron chi connectivity index (χ0n) is 16.5. The number of thiophene rings is 1. The van der Waals surface area contributed by atoms with Crippen LogP contribution < -0.4 is 16.0 Å². The van der Waals surface area contributed by atoms with E-state index in [0.29, 0.717) is 5.56 Å². The topological polar surface area (TPSA) is 108 Å². The summed E-state index contributed by atoms with van der Waals surface area (Å²) >= 11 is 1.48. The summed E-state index contributed by atoms with van der Waals surface area (Å²) in [5.74, 6) is -1.25. The summed E-state index contributed by atoms with van der Waals surface area (Å²) in [5.41, 5.74) is 1.91. The smallest absolute Gasteiger partial charge is 0.325 e. The van der Waals surface area contributed by atoms with Crippen molar-refractivity contribution in [1.29, 1.82) is 0 Å². The van der Waals surface area contributed by atoms with E-state index in [2.05, 4.69) is 16.0 Å². The number of amides is 6. The number of carbonyl (C=O) groups is 4. The molecule has 4 rings (SSSR count). The zero-order valence-corrected chi connectivity index (χ0v) is 17.3. The van der Waals surface area contributed by atoms with Crippen LogP contribution in [0.15, 0.2) is 35.7 Å². The highest BCUT2D eigenvalue weighted by Gasteiger charge is 2.49. The summed E-state index contributed by atoms with van der Waals surface area (Å²) in [7, 11) is 0. The van der Waals surface area contributed by atoms with Crippen molar-refractivity contribution >= 4 is 35.2 Å². The number of urea groups is 2. The predicted octanol–water partition coefficient (Wildman–Crippen LogP) is 2.03. The molecule has 1 aliphatic heterocycles. The number of rotatable bonds is 5. The van der Waals surface area contributed by atoms with Crippen molar-refractivity contribution in [3.05, 3.63) is 57.3 Å². The SMILES string of the molecule is CC1(c2ccc3c(c2)CCC3)NC(=O)N(CC(=O)NC(=O)NCc2cccs2)C1=O. The molecular weight excluding hydrogens is 404 g/mol. The quantitative estimate of drug-likeness (QED) is 0.636. The Morgan fingerprint density at radius 3 is 2.77 bits per heavy atom. The van der Waals surface area contributed by atoms with Gasteiger partial charge in [-0.15, -0.1) is 11.3 Å². The largest absolute Gasteiger partial charge is 0.333 e. The molecule has 2 aliphatic rings. The lowest BCUT2D eigenvalue weighted by Gasteiger charge is -2.23. The van der Waals surface area contributed by atoms with Gasteiger partial charge in [0.15, 0.2) is 0 Å². The van der Waals surface area contributed by atoms with Crippen LogP contribution in [-0.2, 0) is 34.5 Å². The third-order valence-corrected chi connectivity index (χ3v) is 6.39. The first-order chi connectivity index (χ1) is 14.4. The molecule has 1 fully saturated rings. The molecule has 0 bridgehead atoms. The van der Waals surface area contributed by atoms with Crippen LogP contribution in [0.25, 0.3) is 0 Å². The average molecular weight is 426 g/mol. The van der Waals surface area contributed by atoms with E-state index in [0.717, 1.165) is 29.0 Å². The fourth-order valence-electron chi connectivity index (χ4n) is 3.85. The van der Waals surface area contributed by atoms with E-state index >= 15 is 0 Å². The summed E-state index contributed by atoms with van der Waals surface area (Å²) in [4.78, 5) is 51.3. The molecule has 30 heavy (non-hydrogen) atoms. The molecule has 3 N–H and O–H groups in total. The van der Waals surface area contributed by atoms with Crippen molar-refractivity contribution in [2.24, 2.45) is 0 Å². The monoisotopic (exact) mass is 426 g/mol. The lowest BCUT2D eigenvalue weighted by atomic mass is 9.89. The van der Waals surface area contributed by atoms with Gasteiger partial charge in [-0.05, 0) is 54.3 Å². The van der Waals surface area contributed by atoms with Crippen molar-refractivity contribution in [1.82, 2.24) is 20.9 Å². The number of hydrogen-bond acceptors (Lipinski definition) is 5. The van der Waals surface area contributed by atoms with Crippen molar-refractivity contribution in [2.45, 2.75) is 38.3 Å². The molecule has 0 spiro atoms. The number of aryl methyl sites for hydroxylation is 2. The molecule has 0 saturated carbocycles. The minimum Gasteiger partial charge on any atom is -0.333 e. The number of benzene rings is 1. The molecule has 8 nitrogen and oxygen atoms in total. The number of nitrogens with zero attached hydrogens (tertiary/aromatic N) is 1. The molecule has 1 aliphatic carbocycles. The van der Waals surface area contributed by atoms with Crippen LogP contribution in [0.1, 0.15) is 34.9 Å². The van der Waals surface area contributed by atoms with Crippen LogP contribution in [0.5, 0.6) is 0 Å². The van der Waals surface area contributed by atoms with Gasteiger partial charge in [-0.2, -0.15) is 0 Å². The highest BCUT2D eigenvalue weighted by molar-refractivity contribution is 7.09. The maximum absolute atomic E-state index is 13.0. The van der Waals surface area contributed by atoms with E-state index in [1.165, 1.54) is 22.5 Å². The van der Waals surface area contributed by atoms with Crippen LogP contribution >= 0.6 is 11.3 Å². The average Bonchev–Trinajstić information content (AvgIpc) is 3.44. The Bertz CT molecular complexity index is 1020. The Hall–Kier alpha value is -3.20. The maximum Gasteiger partial charge on any atom is 0.325 e. The number of hydrogen-bond donors (Lipinski definition) is 3. The fourth-order valence-corrected chi connectivity index (χ4v) is 4.50. The van der Waals surface area contributed by atoms with Crippen LogP contribution in [0.3, 0.4) is 0 Å². The molecule has 0 radical (unpaired) electrons. The maximum atomic E-state index is 13.0. The molecule has 1 aromatic carbocycles. The van der Waals surface area contributed by atoms with E-state index in [4.69, 9.17) is 0 Å². The predicted molar refractivity (Wildman–Crippen MR) is 111 cm³/mol. The summed E-state index contributed by atoms with van der Waals surface area (Å²) in [6.07, 6.45) is 3.05. The fraction of sp³-hybridized carbons (Fsp3) is 0.333. The minimum atomic E-state index is -1.24. The summed E-state index contributed by atoms with van der Waals surface area (Å²) < 4.78 is 0. The molecule has 2 aromatic rings. The van der Waals surface area contributed by atoms with Gasteiger partial charge >= 0.3 is 12.1 Å². The van der Waals surface area contributed by atoms with Gasteiger partial charge in [0.25, 0.3) is 5.91 Å². The van der Waals surface area contributed by atoms with Gasteiger partial charge < -0.3 is 10.6 Å². The van der Waals surface area contributed by atoms with Crippen LogP contribution in [0.2, 0.25) is 0 Å². The second kappa shape index (κ2) is 7.91. The van der Waals surface area contributed by atoms with E-state index in [1.807, 2.05) is 35.7 Å². The van der Waals surface area contributed by atoms with E-state index < -0.39 is 36.0 Å². The minimum absolute atomic E-state index is 0.288. The van der Waals surface area contributed by atoms with Crippen molar-refractivity contribution in [3.63, 3.8) is 0 Å². The number of imide groups is 2. The van der Waals surface area contributed by atoms with Gasteiger partial charge in [0, 0.05) is 4.88 Å². The first kappa shape index (κ1) is 20.1. The number of nitrogens with one attached hydrogen (secondary N) is 3. The molecule has 156 valence electrons.